The molecule has 0 N–H and O–H groups in total. The summed E-state index contributed by atoms with van der Waals surface area (Å²) in [5, 5.41) is 0. The second-order valence-corrected chi connectivity index (χ2v) is 4.45. The van der Waals surface area contributed by atoms with Gasteiger partial charge in [-0.1, -0.05) is 18.2 Å². The summed E-state index contributed by atoms with van der Waals surface area (Å²) in [6.07, 6.45) is 4.78. The molecule has 18 heavy (non-hydrogen) atoms. The molecular weight excluding hydrogens is 224 g/mol. The van der Waals surface area contributed by atoms with Crippen molar-refractivity contribution in [1.82, 2.24) is 4.98 Å². The molecule has 3 nitrogen and oxygen atoms in total. The number of hydrogen-bond donors (Lipinski definition) is 0. The Labute approximate surface area is 106 Å². The molecule has 0 radical (unpaired) electrons. The van der Waals surface area contributed by atoms with Crippen molar-refractivity contribution in [3.63, 3.8) is 0 Å². The van der Waals surface area contributed by atoms with Gasteiger partial charge in [0.15, 0.2) is 0 Å². The van der Waals surface area contributed by atoms with E-state index in [1.165, 1.54) is 11.3 Å². The van der Waals surface area contributed by atoms with E-state index in [0.29, 0.717) is 5.56 Å². The van der Waals surface area contributed by atoms with Crippen LogP contribution in [0.1, 0.15) is 22.3 Å². The summed E-state index contributed by atoms with van der Waals surface area (Å²) in [4.78, 5) is 17.4. The second-order valence-electron chi connectivity index (χ2n) is 4.45. The third-order valence-corrected chi connectivity index (χ3v) is 3.29. The molecule has 0 aliphatic carbocycles. The molecular formula is C15H14N2O. The van der Waals surface area contributed by atoms with Gasteiger partial charge in [-0.2, -0.15) is 0 Å². The first kappa shape index (κ1) is 11.0. The lowest BCUT2D eigenvalue weighted by molar-refractivity contribution is 0.112. The van der Waals surface area contributed by atoms with E-state index in [9.17, 15) is 4.79 Å². The van der Waals surface area contributed by atoms with Gasteiger partial charge in [0.1, 0.15) is 12.1 Å². The molecule has 3 rings (SSSR count). The van der Waals surface area contributed by atoms with Crippen molar-refractivity contribution in [3.8, 4) is 0 Å². The third kappa shape index (κ3) is 1.88. The van der Waals surface area contributed by atoms with E-state index in [0.717, 1.165) is 31.5 Å². The van der Waals surface area contributed by atoms with Crippen LogP contribution in [0, 0.1) is 0 Å². The van der Waals surface area contributed by atoms with Gasteiger partial charge in [0.25, 0.3) is 0 Å². The maximum absolute atomic E-state index is 10.8. The number of nitrogens with zero attached hydrogens (tertiary/aromatic N) is 2. The van der Waals surface area contributed by atoms with E-state index in [-0.39, 0.29) is 0 Å². The minimum absolute atomic E-state index is 0.669. The van der Waals surface area contributed by atoms with Gasteiger partial charge in [0.2, 0.25) is 0 Å². The zero-order valence-corrected chi connectivity index (χ0v) is 10.0. The lowest BCUT2D eigenvalue weighted by Crippen LogP contribution is -2.25. The number of rotatable bonds is 2. The van der Waals surface area contributed by atoms with Crippen molar-refractivity contribution in [2.24, 2.45) is 0 Å². The molecule has 0 fully saturated rings. The number of para-hydroxylation sites is 1. The highest BCUT2D eigenvalue weighted by molar-refractivity contribution is 5.77. The van der Waals surface area contributed by atoms with Gasteiger partial charge >= 0.3 is 0 Å². The number of anilines is 2. The van der Waals surface area contributed by atoms with Gasteiger partial charge in [0.05, 0.1) is 0 Å². The number of aryl methyl sites for hydroxylation is 1. The van der Waals surface area contributed by atoms with Gasteiger partial charge in [-0.05, 0) is 36.6 Å². The molecule has 0 atom stereocenters. The molecule has 3 heteroatoms. The first-order valence-electron chi connectivity index (χ1n) is 6.15. The summed E-state index contributed by atoms with van der Waals surface area (Å²) in [5.41, 5.74) is 3.23. The van der Waals surface area contributed by atoms with E-state index < -0.39 is 0 Å². The normalized spacial score (nSPS) is 14.1. The van der Waals surface area contributed by atoms with E-state index in [1.807, 2.05) is 12.1 Å². The highest BCUT2D eigenvalue weighted by Gasteiger charge is 2.18. The molecule has 0 saturated carbocycles. The first-order chi connectivity index (χ1) is 8.88. The molecule has 0 spiro atoms. The van der Waals surface area contributed by atoms with Gasteiger partial charge in [-0.3, -0.25) is 4.79 Å². The Morgan fingerprint density at radius 3 is 3.00 bits per heavy atom. The van der Waals surface area contributed by atoms with Crippen LogP contribution in [-0.4, -0.2) is 17.8 Å². The molecule has 90 valence electrons. The second kappa shape index (κ2) is 4.61. The summed E-state index contributed by atoms with van der Waals surface area (Å²) in [5.74, 6) is 0.853. The fourth-order valence-corrected chi connectivity index (χ4v) is 2.43. The zero-order chi connectivity index (χ0) is 12.4. The number of hydrogen-bond acceptors (Lipinski definition) is 3. The molecule has 1 aliphatic rings. The molecule has 1 aliphatic heterocycles. The monoisotopic (exact) mass is 238 g/mol. The lowest BCUT2D eigenvalue weighted by Gasteiger charge is -2.30. The number of benzene rings is 1. The van der Waals surface area contributed by atoms with Gasteiger partial charge in [-0.25, -0.2) is 4.98 Å². The largest absolute Gasteiger partial charge is 0.326 e. The molecule has 0 amide bonds. The van der Waals surface area contributed by atoms with Crippen LogP contribution in [0.5, 0.6) is 0 Å². The van der Waals surface area contributed by atoms with Crippen LogP contribution >= 0.6 is 0 Å². The molecule has 2 heterocycles. The van der Waals surface area contributed by atoms with Crippen molar-refractivity contribution >= 4 is 17.8 Å². The van der Waals surface area contributed by atoms with Crippen molar-refractivity contribution in [3.05, 3.63) is 53.7 Å². The number of aldehydes is 1. The minimum atomic E-state index is 0.669. The van der Waals surface area contributed by atoms with Gasteiger partial charge < -0.3 is 4.90 Å². The van der Waals surface area contributed by atoms with Crippen LogP contribution in [0.3, 0.4) is 0 Å². The average Bonchev–Trinajstić information content (AvgIpc) is 2.47. The lowest BCUT2D eigenvalue weighted by atomic mass is 10.0. The molecule has 0 bridgehead atoms. The van der Waals surface area contributed by atoms with Crippen LogP contribution in [0.15, 0.2) is 42.6 Å². The average molecular weight is 238 g/mol. The summed E-state index contributed by atoms with van der Waals surface area (Å²) in [6.45, 7) is 0.951. The minimum Gasteiger partial charge on any atom is -0.326 e. The molecule has 0 saturated heterocycles. The van der Waals surface area contributed by atoms with E-state index in [4.69, 9.17) is 0 Å². The van der Waals surface area contributed by atoms with Crippen molar-refractivity contribution in [2.75, 3.05) is 11.4 Å². The number of aromatic nitrogens is 1. The van der Waals surface area contributed by atoms with Crippen molar-refractivity contribution in [1.29, 1.82) is 0 Å². The smallest absolute Gasteiger partial charge is 0.150 e. The number of pyridine rings is 1. The highest BCUT2D eigenvalue weighted by Crippen LogP contribution is 2.32. The Hall–Kier alpha value is -2.16. The maximum atomic E-state index is 10.8. The summed E-state index contributed by atoms with van der Waals surface area (Å²) >= 11 is 0. The fraction of sp³-hybridized carbons (Fsp3) is 0.200. The predicted molar refractivity (Wildman–Crippen MR) is 71.4 cm³/mol. The predicted octanol–water partition coefficient (Wildman–Crippen LogP) is 2.98. The summed E-state index contributed by atoms with van der Waals surface area (Å²) in [6, 6.07) is 12.0. The van der Waals surface area contributed by atoms with E-state index in [1.54, 1.807) is 12.3 Å². The Bertz CT molecular complexity index is 580. The third-order valence-electron chi connectivity index (χ3n) is 3.29. The highest BCUT2D eigenvalue weighted by atomic mass is 16.1. The maximum Gasteiger partial charge on any atom is 0.150 e. The first-order valence-corrected chi connectivity index (χ1v) is 6.15. The molecule has 0 unspecified atom stereocenters. The molecule has 1 aromatic heterocycles. The van der Waals surface area contributed by atoms with Crippen LogP contribution < -0.4 is 4.90 Å². The fourth-order valence-electron chi connectivity index (χ4n) is 2.43. The standard InChI is InChI=1S/C15H14N2O/c18-11-12-7-8-16-15(10-12)17-9-3-5-13-4-1-2-6-14(13)17/h1-2,4,6-8,10-11H,3,5,9H2. The van der Waals surface area contributed by atoms with Gasteiger partial charge in [0, 0.05) is 24.0 Å². The Balaban J connectivity index is 2.05. The SMILES string of the molecule is O=Cc1ccnc(N2CCCc3ccccc32)c1. The summed E-state index contributed by atoms with van der Waals surface area (Å²) < 4.78 is 0. The van der Waals surface area contributed by atoms with E-state index in [2.05, 4.69) is 28.1 Å². The van der Waals surface area contributed by atoms with Crippen molar-refractivity contribution in [2.45, 2.75) is 12.8 Å². The van der Waals surface area contributed by atoms with E-state index >= 15 is 0 Å². The van der Waals surface area contributed by atoms with Gasteiger partial charge in [-0.15, -0.1) is 0 Å². The quantitative estimate of drug-likeness (QED) is 0.754. The zero-order valence-electron chi connectivity index (χ0n) is 10.0. The van der Waals surface area contributed by atoms with Crippen LogP contribution in [0.4, 0.5) is 11.5 Å². The Kier molecular flexibility index (Phi) is 2.81. The van der Waals surface area contributed by atoms with Crippen molar-refractivity contribution < 1.29 is 4.79 Å². The Morgan fingerprint density at radius 2 is 2.11 bits per heavy atom. The molecule has 2 aromatic rings. The Morgan fingerprint density at radius 1 is 1.22 bits per heavy atom. The molecule has 1 aromatic carbocycles. The van der Waals surface area contributed by atoms with Crippen LogP contribution in [0.25, 0.3) is 0 Å². The van der Waals surface area contributed by atoms with Crippen LogP contribution in [0.2, 0.25) is 0 Å². The number of carbonyl (C=O) groups is 1. The topological polar surface area (TPSA) is 33.2 Å². The number of carbonyl (C=O) groups excluding carboxylic acids is 1. The number of fused-ring (bicyclic) bond motifs is 1. The summed E-state index contributed by atoms with van der Waals surface area (Å²) in [7, 11) is 0. The van der Waals surface area contributed by atoms with Crippen LogP contribution in [-0.2, 0) is 6.42 Å².